The van der Waals surface area contributed by atoms with E-state index in [0.717, 1.165) is 136 Å². The van der Waals surface area contributed by atoms with Crippen LogP contribution < -0.4 is 41.6 Å². The van der Waals surface area contributed by atoms with E-state index < -0.39 is 14.3 Å². The minimum Gasteiger partial charge on any atom is -0.456 e. The second kappa shape index (κ2) is 25.7. The molecule has 18 aromatic rings. The molecular weight excluding hydrogens is 1340 g/mol. The zero-order valence-corrected chi connectivity index (χ0v) is 58.2. The molecule has 0 saturated heterocycles. The van der Waals surface area contributed by atoms with Crippen molar-refractivity contribution in [2.45, 2.75) is 0 Å². The summed E-state index contributed by atoms with van der Waals surface area (Å²) < 4.78 is 41.0. The number of rotatable bonds is 10. The Bertz CT molecular complexity index is 6320. The Kier molecular flexibility index (Phi) is 15.3. The molecule has 2 aliphatic rings. The van der Waals surface area contributed by atoms with Gasteiger partial charge in [0.15, 0.2) is 49.2 Å². The Labute approximate surface area is 603 Å². The van der Waals surface area contributed by atoms with Gasteiger partial charge in [-0.25, -0.2) is 29.9 Å². The maximum absolute atomic E-state index is 16.4. The van der Waals surface area contributed by atoms with Crippen LogP contribution in [0.25, 0.3) is 110 Å². The summed E-state index contributed by atoms with van der Waals surface area (Å²) in [4.78, 5) is 34.3. The molecule has 6 heterocycles. The molecule has 0 saturated carbocycles. The van der Waals surface area contributed by atoms with Gasteiger partial charge < -0.3 is 23.3 Å². The van der Waals surface area contributed by atoms with Crippen LogP contribution in [0.1, 0.15) is 0 Å². The molecule has 2 unspecified atom stereocenters. The fourth-order valence-corrected chi connectivity index (χ4v) is 21.6. The van der Waals surface area contributed by atoms with Gasteiger partial charge in [0, 0.05) is 114 Å². The molecule has 0 bridgehead atoms. The van der Waals surface area contributed by atoms with Gasteiger partial charge in [0.2, 0.25) is 0 Å². The molecule has 492 valence electrons. The van der Waals surface area contributed by atoms with E-state index in [2.05, 4.69) is 94.7 Å². The summed E-state index contributed by atoms with van der Waals surface area (Å²) in [5, 5.41) is 8.75. The third-order valence-corrected chi connectivity index (χ3v) is 26.8. The van der Waals surface area contributed by atoms with Gasteiger partial charge in [-0.15, -0.1) is 11.3 Å². The summed E-state index contributed by atoms with van der Waals surface area (Å²) in [7, 11) is -6.79. The van der Waals surface area contributed by atoms with Crippen LogP contribution in [0.2, 0.25) is 0 Å². The number of anilines is 6. The Morgan fingerprint density at radius 3 is 1.12 bits per heavy atom. The van der Waals surface area contributed by atoms with Gasteiger partial charge in [0.05, 0.1) is 22.7 Å². The first-order valence-corrected chi connectivity index (χ1v) is 38.5. The van der Waals surface area contributed by atoms with E-state index in [1.807, 2.05) is 267 Å². The van der Waals surface area contributed by atoms with Crippen molar-refractivity contribution >= 4 is 134 Å². The molecule has 0 aliphatic carbocycles. The number of hydrogen-bond donors (Lipinski definition) is 0. The van der Waals surface area contributed by atoms with Crippen molar-refractivity contribution in [3.8, 4) is 68.3 Å². The van der Waals surface area contributed by atoms with E-state index in [0.29, 0.717) is 40.3 Å². The number of furan rings is 1. The maximum Gasteiger partial charge on any atom is 0.175 e. The zero-order chi connectivity index (χ0) is 69.3. The number of fused-ring (bicyclic) bond motifs is 10. The lowest BCUT2D eigenvalue weighted by molar-refractivity contribution is 0.591. The summed E-state index contributed by atoms with van der Waals surface area (Å²) in [5.41, 5.74) is 12.3. The Balaban J connectivity index is 0.000000143. The predicted molar refractivity (Wildman–Crippen MR) is 428 cm³/mol. The molecule has 14 heteroatoms. The van der Waals surface area contributed by atoms with Crippen LogP contribution in [0, 0.1) is 0 Å². The summed E-state index contributed by atoms with van der Waals surface area (Å²) in [6.45, 7) is 0. The normalized spacial score (nSPS) is 15.0. The van der Waals surface area contributed by atoms with Gasteiger partial charge in [0.1, 0.15) is 11.2 Å². The van der Waals surface area contributed by atoms with E-state index in [-0.39, 0.29) is 0 Å². The molecule has 4 aromatic heterocycles. The van der Waals surface area contributed by atoms with Crippen LogP contribution in [-0.2, 0) is 9.13 Å². The highest BCUT2D eigenvalue weighted by Gasteiger charge is 2.44. The van der Waals surface area contributed by atoms with Crippen molar-refractivity contribution in [2.75, 3.05) is 9.80 Å². The van der Waals surface area contributed by atoms with Gasteiger partial charge in [-0.3, -0.25) is 0 Å². The van der Waals surface area contributed by atoms with Crippen LogP contribution in [0.4, 0.5) is 34.1 Å². The molecule has 20 rings (SSSR count). The Morgan fingerprint density at radius 1 is 0.250 bits per heavy atom. The monoisotopic (exact) mass is 1390 g/mol. The topological polar surface area (TPSA) is 131 Å². The second-order valence-electron chi connectivity index (χ2n) is 25.6. The minimum atomic E-state index is -3.50. The van der Waals surface area contributed by atoms with Crippen molar-refractivity contribution in [1.29, 1.82) is 0 Å². The summed E-state index contributed by atoms with van der Waals surface area (Å²) in [6, 6.07) is 117. The van der Waals surface area contributed by atoms with Crippen molar-refractivity contribution in [1.82, 2.24) is 29.9 Å². The Hall–Kier alpha value is -12.8. The molecule has 2 aliphatic heterocycles. The predicted octanol–water partition coefficient (Wildman–Crippen LogP) is 20.9. The zero-order valence-electron chi connectivity index (χ0n) is 55.6. The SMILES string of the molecule is O=P1(c2ccccc2)c2cc(-c3nc(-c4ccccc4)nc(-c4ccccc4)n3)ccc2N(c2ccccc2)c2cc3oc4ccccc4c3cc21.O=P1(c2ccccc2)c2ccccc2N(c2ccccc2)c2cc3sc4ccc(-c5nc(-c6ccccc6)nc(-c6ccccc6)n5)cc4c3cc21. The molecule has 0 N–H and O–H groups in total. The molecule has 0 amide bonds. The molecule has 104 heavy (non-hydrogen) atoms. The van der Waals surface area contributed by atoms with Gasteiger partial charge in [-0.1, -0.05) is 249 Å². The van der Waals surface area contributed by atoms with Crippen molar-refractivity contribution < 1.29 is 13.5 Å². The Morgan fingerprint density at radius 2 is 0.615 bits per heavy atom. The van der Waals surface area contributed by atoms with E-state index in [1.54, 1.807) is 11.3 Å². The molecule has 2 atom stereocenters. The highest BCUT2D eigenvalue weighted by molar-refractivity contribution is 7.86. The van der Waals surface area contributed by atoms with Crippen molar-refractivity contribution in [3.63, 3.8) is 0 Å². The van der Waals surface area contributed by atoms with Crippen molar-refractivity contribution in [3.05, 3.63) is 352 Å². The third kappa shape index (κ3) is 10.6. The maximum atomic E-state index is 16.4. The van der Waals surface area contributed by atoms with E-state index in [1.165, 1.54) is 0 Å². The molecule has 0 radical (unpaired) electrons. The van der Waals surface area contributed by atoms with E-state index in [4.69, 9.17) is 34.3 Å². The van der Waals surface area contributed by atoms with Gasteiger partial charge in [0.25, 0.3) is 0 Å². The summed E-state index contributed by atoms with van der Waals surface area (Å²) in [6.07, 6.45) is 0. The highest BCUT2D eigenvalue weighted by Crippen LogP contribution is 2.58. The second-order valence-corrected chi connectivity index (χ2v) is 32.1. The number of benzene rings is 14. The first-order chi connectivity index (χ1) is 51.3. The van der Waals surface area contributed by atoms with Gasteiger partial charge in [-0.05, 0) is 97.1 Å². The average molecular weight is 1390 g/mol. The molecule has 0 spiro atoms. The number of para-hydroxylation sites is 4. The first kappa shape index (κ1) is 62.2. The van der Waals surface area contributed by atoms with Crippen LogP contribution in [-0.4, -0.2) is 29.9 Å². The summed E-state index contributed by atoms with van der Waals surface area (Å²) >= 11 is 1.74. The third-order valence-electron chi connectivity index (χ3n) is 19.4. The number of aromatic nitrogens is 6. The summed E-state index contributed by atoms with van der Waals surface area (Å²) in [5.74, 6) is 3.49. The van der Waals surface area contributed by atoms with E-state index >= 15 is 9.13 Å². The fourth-order valence-electron chi connectivity index (χ4n) is 14.5. The van der Waals surface area contributed by atoms with Gasteiger partial charge >= 0.3 is 0 Å². The average Bonchev–Trinajstić information content (AvgIpc) is 1.05. The number of thiophene rings is 1. The molecule has 11 nitrogen and oxygen atoms in total. The minimum absolute atomic E-state index is 0.503. The lowest BCUT2D eigenvalue weighted by Gasteiger charge is -2.38. The highest BCUT2D eigenvalue weighted by atomic mass is 32.1. The van der Waals surface area contributed by atoms with Crippen LogP contribution in [0.3, 0.4) is 0 Å². The quantitative estimate of drug-likeness (QED) is 0.121. The molecule has 0 fully saturated rings. The smallest absolute Gasteiger partial charge is 0.175 e. The van der Waals surface area contributed by atoms with Crippen LogP contribution in [0.15, 0.2) is 356 Å². The van der Waals surface area contributed by atoms with Gasteiger partial charge in [-0.2, -0.15) is 0 Å². The molecule has 14 aromatic carbocycles. The van der Waals surface area contributed by atoms with E-state index in [9.17, 15) is 0 Å². The largest absolute Gasteiger partial charge is 0.456 e. The van der Waals surface area contributed by atoms with Crippen molar-refractivity contribution in [2.24, 2.45) is 0 Å². The number of hydrogen-bond acceptors (Lipinski definition) is 12. The molecular formula is C90H58N8O3P2S. The number of nitrogens with zero attached hydrogens (tertiary/aromatic N) is 8. The first-order valence-electron chi connectivity index (χ1n) is 34.3. The fraction of sp³-hybridized carbons (Fsp3) is 0. The lowest BCUT2D eigenvalue weighted by atomic mass is 10.1. The standard InChI is InChI=1S/C45H29N4O2P.C45H29N4OPS/c50-52(34-21-11-4-12-22-34)41-27-32(45-47-43(30-15-5-1-6-16-30)46-44(48-45)31-17-7-2-8-18-31)25-26-37(41)49(33-19-9-3-10-20-33)38-29-40-36(28-42(38)52)35-23-13-14-24-39(35)51-40;50-51(34-21-11-4-12-22-34)39-24-14-13-23-37(39)49(33-19-9-3-10-20-33)38-29-42-36(28-40(38)51)35-27-32(25-26-41(35)52-42)45-47-43(30-15-5-1-6-16-30)46-44(48-45)31-17-7-2-8-18-31/h2*1-29H. The van der Waals surface area contributed by atoms with Crippen LogP contribution >= 0.6 is 25.6 Å². The lowest BCUT2D eigenvalue weighted by Crippen LogP contribution is -2.36. The van der Waals surface area contributed by atoms with Crippen LogP contribution in [0.5, 0.6) is 0 Å².